The molecule has 1 N–H and O–H groups in total. The van der Waals surface area contributed by atoms with Crippen LogP contribution in [-0.2, 0) is 18.7 Å². The third kappa shape index (κ3) is 3.43. The molecule has 1 aliphatic carbocycles. The lowest BCUT2D eigenvalue weighted by Crippen LogP contribution is -2.42. The molecule has 0 unspecified atom stereocenters. The second kappa shape index (κ2) is 7.36. The van der Waals surface area contributed by atoms with Gasteiger partial charge in [0.1, 0.15) is 5.82 Å². The number of hydrogen-bond donors (Lipinski definition) is 1. The monoisotopic (exact) mass is 371 g/mol. The predicted octanol–water partition coefficient (Wildman–Crippen LogP) is 3.86. The average Bonchev–Trinajstić information content (AvgIpc) is 3.22. The molecule has 1 aromatic carbocycles. The van der Waals surface area contributed by atoms with Gasteiger partial charge >= 0.3 is 0 Å². The van der Waals surface area contributed by atoms with Crippen LogP contribution in [0.5, 0.6) is 0 Å². The van der Waals surface area contributed by atoms with Gasteiger partial charge in [0.15, 0.2) is 0 Å². The lowest BCUT2D eigenvalue weighted by molar-refractivity contribution is -0.0648. The van der Waals surface area contributed by atoms with Crippen molar-refractivity contribution >= 4 is 0 Å². The Balaban J connectivity index is 1.51. The smallest absolute Gasteiger partial charge is 0.123 e. The summed E-state index contributed by atoms with van der Waals surface area (Å²) in [5.41, 5.74) is 2.56. The van der Waals surface area contributed by atoms with Gasteiger partial charge in [-0.3, -0.25) is 9.58 Å². The molecule has 2 aromatic rings. The molecule has 2 fully saturated rings. The van der Waals surface area contributed by atoms with E-state index in [0.717, 1.165) is 51.0 Å². The Hall–Kier alpha value is -1.72. The first-order valence-corrected chi connectivity index (χ1v) is 10.2. The zero-order chi connectivity index (χ0) is 19.0. The Kier molecular flexibility index (Phi) is 5.08. The van der Waals surface area contributed by atoms with Crippen molar-refractivity contribution in [1.82, 2.24) is 14.7 Å². The van der Waals surface area contributed by atoms with E-state index in [-0.39, 0.29) is 11.7 Å². The quantitative estimate of drug-likeness (QED) is 0.868. The van der Waals surface area contributed by atoms with E-state index < -0.39 is 5.60 Å². The number of rotatable bonds is 5. The van der Waals surface area contributed by atoms with Crippen molar-refractivity contribution in [1.29, 1.82) is 0 Å². The van der Waals surface area contributed by atoms with Crippen LogP contribution in [0.2, 0.25) is 0 Å². The first-order chi connectivity index (χ1) is 13.0. The summed E-state index contributed by atoms with van der Waals surface area (Å²) in [6, 6.07) is 6.46. The fourth-order valence-corrected chi connectivity index (χ4v) is 5.16. The fourth-order valence-electron chi connectivity index (χ4n) is 5.16. The number of nitrogens with zero attached hydrogens (tertiary/aromatic N) is 3. The molecule has 1 aliphatic heterocycles. The summed E-state index contributed by atoms with van der Waals surface area (Å²) in [4.78, 5) is 2.47. The zero-order valence-corrected chi connectivity index (χ0v) is 16.4. The number of hydrogen-bond acceptors (Lipinski definition) is 3. The molecule has 27 heavy (non-hydrogen) atoms. The third-order valence-corrected chi connectivity index (χ3v) is 6.64. The second-order valence-corrected chi connectivity index (χ2v) is 8.36. The fraction of sp³-hybridized carbons (Fsp3) is 0.591. The van der Waals surface area contributed by atoms with Gasteiger partial charge in [-0.15, -0.1) is 0 Å². The maximum Gasteiger partial charge on any atom is 0.123 e. The van der Waals surface area contributed by atoms with Crippen LogP contribution in [0.15, 0.2) is 30.5 Å². The van der Waals surface area contributed by atoms with Crippen molar-refractivity contribution in [2.45, 2.75) is 58.2 Å². The molecule has 146 valence electrons. The number of benzene rings is 1. The summed E-state index contributed by atoms with van der Waals surface area (Å²) in [5, 5.41) is 16.1. The summed E-state index contributed by atoms with van der Waals surface area (Å²) in [6.07, 6.45) is 6.04. The van der Waals surface area contributed by atoms with Gasteiger partial charge in [0, 0.05) is 43.4 Å². The molecule has 3 atom stereocenters. The molecular weight excluding hydrogens is 341 g/mol. The second-order valence-electron chi connectivity index (χ2n) is 8.36. The Labute approximate surface area is 161 Å². The third-order valence-electron chi connectivity index (χ3n) is 6.64. The SMILES string of the molecule is CCCn1ncc(CN2C[C@@H]3CCC[C@](O)(c4ccc(F)cc4)[C@@H]3C2)c1C. The normalized spacial score (nSPS) is 28.4. The maximum absolute atomic E-state index is 13.3. The highest BCUT2D eigenvalue weighted by Crippen LogP contribution is 2.48. The molecule has 1 saturated heterocycles. The largest absolute Gasteiger partial charge is 0.385 e. The minimum atomic E-state index is -0.840. The number of halogens is 1. The molecule has 1 saturated carbocycles. The van der Waals surface area contributed by atoms with Gasteiger partial charge in [0.2, 0.25) is 0 Å². The Morgan fingerprint density at radius 1 is 1.26 bits per heavy atom. The van der Waals surface area contributed by atoms with E-state index >= 15 is 0 Å². The molecular formula is C22H30FN3O. The first-order valence-electron chi connectivity index (χ1n) is 10.2. The van der Waals surface area contributed by atoms with Crippen molar-refractivity contribution in [2.24, 2.45) is 11.8 Å². The number of aliphatic hydroxyl groups is 1. The zero-order valence-electron chi connectivity index (χ0n) is 16.4. The van der Waals surface area contributed by atoms with Crippen LogP contribution in [-0.4, -0.2) is 32.9 Å². The molecule has 5 heteroatoms. The standard InChI is InChI=1S/C22H30FN3O/c1-3-11-26-16(2)18(12-24-26)14-25-13-17-5-4-10-22(27,21(17)15-25)19-6-8-20(23)9-7-19/h6-9,12,17,21,27H,3-5,10-11,13-15H2,1-2H3/t17-,21+,22-/m0/s1. The Bertz CT molecular complexity index is 787. The van der Waals surface area contributed by atoms with Gasteiger partial charge in [-0.2, -0.15) is 5.10 Å². The molecule has 0 radical (unpaired) electrons. The lowest BCUT2D eigenvalue weighted by Gasteiger charge is -2.41. The molecule has 0 amide bonds. The highest BCUT2D eigenvalue weighted by Gasteiger charge is 2.49. The maximum atomic E-state index is 13.3. The lowest BCUT2D eigenvalue weighted by atomic mass is 9.67. The van der Waals surface area contributed by atoms with E-state index in [1.165, 1.54) is 29.8 Å². The van der Waals surface area contributed by atoms with E-state index in [1.54, 1.807) is 12.1 Å². The van der Waals surface area contributed by atoms with E-state index in [1.807, 2.05) is 6.20 Å². The highest BCUT2D eigenvalue weighted by atomic mass is 19.1. The number of aromatic nitrogens is 2. The molecule has 0 bridgehead atoms. The van der Waals surface area contributed by atoms with Crippen molar-refractivity contribution in [3.05, 3.63) is 53.1 Å². The van der Waals surface area contributed by atoms with Crippen molar-refractivity contribution in [2.75, 3.05) is 13.1 Å². The van der Waals surface area contributed by atoms with Crippen LogP contribution in [0.1, 0.15) is 49.4 Å². The van der Waals surface area contributed by atoms with Crippen LogP contribution < -0.4 is 0 Å². The van der Waals surface area contributed by atoms with Gasteiger partial charge in [-0.1, -0.05) is 19.1 Å². The molecule has 2 aliphatic rings. The Morgan fingerprint density at radius 2 is 2.04 bits per heavy atom. The molecule has 4 rings (SSSR count). The summed E-state index contributed by atoms with van der Waals surface area (Å²) in [5.74, 6) is 0.463. The van der Waals surface area contributed by atoms with Crippen molar-refractivity contribution in [3.63, 3.8) is 0 Å². The summed E-state index contributed by atoms with van der Waals surface area (Å²) < 4.78 is 15.4. The highest BCUT2D eigenvalue weighted by molar-refractivity contribution is 5.26. The van der Waals surface area contributed by atoms with Crippen molar-refractivity contribution < 1.29 is 9.50 Å². The van der Waals surface area contributed by atoms with Crippen LogP contribution in [0.3, 0.4) is 0 Å². The number of aryl methyl sites for hydroxylation is 1. The minimum absolute atomic E-state index is 0.211. The first kappa shape index (κ1) is 18.6. The summed E-state index contributed by atoms with van der Waals surface area (Å²) >= 11 is 0. The number of likely N-dealkylation sites (tertiary alicyclic amines) is 1. The van der Waals surface area contributed by atoms with Gasteiger partial charge < -0.3 is 5.11 Å². The van der Waals surface area contributed by atoms with E-state index in [2.05, 4.69) is 28.5 Å². The molecule has 0 spiro atoms. The Morgan fingerprint density at radius 3 is 2.78 bits per heavy atom. The van der Waals surface area contributed by atoms with Gasteiger partial charge in [0.05, 0.1) is 11.8 Å². The van der Waals surface area contributed by atoms with Crippen LogP contribution in [0, 0.1) is 24.6 Å². The van der Waals surface area contributed by atoms with Crippen LogP contribution in [0.4, 0.5) is 4.39 Å². The van der Waals surface area contributed by atoms with Gasteiger partial charge in [-0.25, -0.2) is 4.39 Å². The topological polar surface area (TPSA) is 41.3 Å². The molecule has 1 aromatic heterocycles. The van der Waals surface area contributed by atoms with E-state index in [0.29, 0.717) is 5.92 Å². The van der Waals surface area contributed by atoms with Crippen molar-refractivity contribution in [3.8, 4) is 0 Å². The van der Waals surface area contributed by atoms with E-state index in [9.17, 15) is 9.50 Å². The summed E-state index contributed by atoms with van der Waals surface area (Å²) in [6.45, 7) is 8.07. The van der Waals surface area contributed by atoms with Crippen LogP contribution >= 0.6 is 0 Å². The van der Waals surface area contributed by atoms with Gasteiger partial charge in [-0.05, 0) is 56.2 Å². The minimum Gasteiger partial charge on any atom is -0.385 e. The number of fused-ring (bicyclic) bond motifs is 1. The molecule has 4 nitrogen and oxygen atoms in total. The van der Waals surface area contributed by atoms with Gasteiger partial charge in [0.25, 0.3) is 0 Å². The van der Waals surface area contributed by atoms with E-state index in [4.69, 9.17) is 0 Å². The summed E-state index contributed by atoms with van der Waals surface area (Å²) in [7, 11) is 0. The molecule has 2 heterocycles. The predicted molar refractivity (Wildman–Crippen MR) is 104 cm³/mol. The van der Waals surface area contributed by atoms with Crippen LogP contribution in [0.25, 0.3) is 0 Å². The average molecular weight is 372 g/mol.